The number of pyridine rings is 1. The van der Waals surface area contributed by atoms with E-state index in [1.54, 1.807) is 24.3 Å². The number of hydrogen-bond acceptors (Lipinski definition) is 8. The van der Waals surface area contributed by atoms with Gasteiger partial charge < -0.3 is 15.2 Å². The number of hydrogen-bond donors (Lipinski definition) is 2. The van der Waals surface area contributed by atoms with E-state index >= 15 is 0 Å². The molecule has 3 heterocycles. The van der Waals surface area contributed by atoms with Crippen LogP contribution in [0, 0.1) is 6.92 Å². The minimum Gasteiger partial charge on any atom is -0.497 e. The van der Waals surface area contributed by atoms with Crippen molar-refractivity contribution in [1.82, 2.24) is 19.6 Å². The lowest BCUT2D eigenvalue weighted by Gasteiger charge is -2.14. The fourth-order valence-electron chi connectivity index (χ4n) is 3.72. The molecule has 10 nitrogen and oxygen atoms in total. The van der Waals surface area contributed by atoms with Gasteiger partial charge in [0.25, 0.3) is 0 Å². The Morgan fingerprint density at radius 2 is 1.91 bits per heavy atom. The number of aromatic nitrogens is 4. The van der Waals surface area contributed by atoms with Gasteiger partial charge in [-0.25, -0.2) is 23.2 Å². The van der Waals surface area contributed by atoms with Crippen LogP contribution in [-0.2, 0) is 22.8 Å². The van der Waals surface area contributed by atoms with Gasteiger partial charge in [-0.05, 0) is 43.7 Å². The van der Waals surface area contributed by atoms with Gasteiger partial charge in [0, 0.05) is 30.1 Å². The van der Waals surface area contributed by atoms with Gasteiger partial charge in [-0.2, -0.15) is 9.61 Å². The summed E-state index contributed by atoms with van der Waals surface area (Å²) in [6.45, 7) is 3.80. The predicted molar refractivity (Wildman–Crippen MR) is 124 cm³/mol. The summed E-state index contributed by atoms with van der Waals surface area (Å²) in [5.41, 5.74) is 2.49. The molecule has 4 rings (SSSR count). The molecule has 0 saturated heterocycles. The van der Waals surface area contributed by atoms with Gasteiger partial charge in [0.15, 0.2) is 10.7 Å². The number of carbonyl (C=O) groups is 1. The third-order valence-electron chi connectivity index (χ3n) is 5.44. The van der Waals surface area contributed by atoms with Crippen molar-refractivity contribution in [2.24, 2.45) is 0 Å². The fourth-order valence-corrected chi connectivity index (χ4v) is 5.13. The molecule has 1 aromatic carbocycles. The van der Waals surface area contributed by atoms with Crippen LogP contribution in [0.2, 0.25) is 0 Å². The quantitative estimate of drug-likeness (QED) is 0.389. The normalized spacial score (nSPS) is 11.5. The summed E-state index contributed by atoms with van der Waals surface area (Å²) < 4.78 is 33.1. The Labute approximate surface area is 196 Å². The van der Waals surface area contributed by atoms with E-state index in [0.717, 1.165) is 11.3 Å². The van der Waals surface area contributed by atoms with Crippen LogP contribution < -0.4 is 10.1 Å². The zero-order chi connectivity index (χ0) is 24.5. The summed E-state index contributed by atoms with van der Waals surface area (Å²) in [7, 11) is -2.43. The lowest BCUT2D eigenvalue weighted by Crippen LogP contribution is -2.15. The number of rotatable bonds is 8. The average Bonchev–Trinajstić information content (AvgIpc) is 3.17. The monoisotopic (exact) mass is 481 g/mol. The molecule has 0 aliphatic carbocycles. The topological polar surface area (TPSA) is 136 Å². The van der Waals surface area contributed by atoms with Gasteiger partial charge in [0.2, 0.25) is 9.84 Å². The molecule has 0 spiro atoms. The molecule has 34 heavy (non-hydrogen) atoms. The lowest BCUT2D eigenvalue weighted by atomic mass is 10.2. The van der Waals surface area contributed by atoms with E-state index in [0.29, 0.717) is 23.4 Å². The number of methoxy groups -OCH3 is 1. The van der Waals surface area contributed by atoms with Crippen LogP contribution in [0.5, 0.6) is 5.75 Å². The Hall–Kier alpha value is -3.99. The number of aryl methyl sites for hydroxylation is 2. The van der Waals surface area contributed by atoms with E-state index in [1.165, 1.54) is 36.2 Å². The molecule has 0 aliphatic heterocycles. The molecule has 3 aromatic heterocycles. The molecule has 0 bridgehead atoms. The van der Waals surface area contributed by atoms with Crippen molar-refractivity contribution in [2.45, 2.75) is 36.7 Å². The van der Waals surface area contributed by atoms with Crippen molar-refractivity contribution in [2.75, 3.05) is 12.4 Å². The van der Waals surface area contributed by atoms with Crippen molar-refractivity contribution >= 4 is 27.3 Å². The van der Waals surface area contributed by atoms with Gasteiger partial charge in [0.1, 0.15) is 17.1 Å². The summed E-state index contributed by atoms with van der Waals surface area (Å²) in [6, 6.07) is 9.28. The van der Waals surface area contributed by atoms with E-state index in [9.17, 15) is 18.3 Å². The summed E-state index contributed by atoms with van der Waals surface area (Å²) in [4.78, 5) is 20.3. The van der Waals surface area contributed by atoms with Crippen LogP contribution in [0.25, 0.3) is 5.65 Å². The van der Waals surface area contributed by atoms with Crippen LogP contribution in [0.4, 0.5) is 5.82 Å². The Balaban J connectivity index is 1.75. The number of carboxylic acids is 1. The van der Waals surface area contributed by atoms with E-state index in [-0.39, 0.29) is 27.8 Å². The maximum Gasteiger partial charge on any atom is 0.341 e. The molecule has 0 aliphatic rings. The Morgan fingerprint density at radius 1 is 1.18 bits per heavy atom. The van der Waals surface area contributed by atoms with Gasteiger partial charge >= 0.3 is 5.97 Å². The Morgan fingerprint density at radius 3 is 2.56 bits per heavy atom. The first-order chi connectivity index (χ1) is 16.3. The number of sulfone groups is 1. The summed E-state index contributed by atoms with van der Waals surface area (Å²) in [6.07, 6.45) is 3.36. The molecule has 4 aromatic rings. The second-order valence-corrected chi connectivity index (χ2v) is 9.34. The zero-order valence-corrected chi connectivity index (χ0v) is 19.6. The molecule has 0 saturated carbocycles. The third kappa shape index (κ3) is 4.05. The van der Waals surface area contributed by atoms with Crippen LogP contribution in [0.1, 0.15) is 34.1 Å². The number of aromatic carboxylic acids is 1. The van der Waals surface area contributed by atoms with Gasteiger partial charge in [-0.3, -0.25) is 0 Å². The van der Waals surface area contributed by atoms with E-state index < -0.39 is 15.8 Å². The molecule has 0 fully saturated rings. The summed E-state index contributed by atoms with van der Waals surface area (Å²) in [5, 5.41) is 17.1. The largest absolute Gasteiger partial charge is 0.497 e. The smallest absolute Gasteiger partial charge is 0.341 e. The molecular formula is C23H23N5O5S. The van der Waals surface area contributed by atoms with E-state index in [4.69, 9.17) is 4.74 Å². The fraction of sp³-hybridized carbons (Fsp3) is 0.217. The molecular weight excluding hydrogens is 458 g/mol. The number of nitrogens with one attached hydrogen (secondary N) is 1. The van der Waals surface area contributed by atoms with Crippen molar-refractivity contribution in [3.63, 3.8) is 0 Å². The van der Waals surface area contributed by atoms with Gasteiger partial charge in [0.05, 0.1) is 17.7 Å². The zero-order valence-electron chi connectivity index (χ0n) is 18.8. The highest BCUT2D eigenvalue weighted by molar-refractivity contribution is 7.91. The van der Waals surface area contributed by atoms with Gasteiger partial charge in [-0.1, -0.05) is 13.0 Å². The first kappa shape index (κ1) is 23.2. The lowest BCUT2D eigenvalue weighted by molar-refractivity contribution is 0.0697. The molecule has 11 heteroatoms. The number of nitrogens with zero attached hydrogens (tertiary/aromatic N) is 4. The number of carboxylic acid groups (broad SMARTS) is 1. The SMILES string of the molecule is CCc1c(C)nn2c(NCc3cccnc3S(=O)(=O)c3ccc(OC)cc3)c(C(=O)O)cnc12. The number of benzene rings is 1. The summed E-state index contributed by atoms with van der Waals surface area (Å²) >= 11 is 0. The summed E-state index contributed by atoms with van der Waals surface area (Å²) in [5.74, 6) is -0.442. The first-order valence-corrected chi connectivity index (χ1v) is 11.9. The van der Waals surface area contributed by atoms with E-state index in [1.807, 2.05) is 13.8 Å². The maximum atomic E-state index is 13.3. The van der Waals surface area contributed by atoms with Crippen molar-refractivity contribution in [3.05, 3.63) is 71.2 Å². The van der Waals surface area contributed by atoms with Gasteiger partial charge in [-0.15, -0.1) is 0 Å². The van der Waals surface area contributed by atoms with Crippen molar-refractivity contribution < 1.29 is 23.1 Å². The molecule has 2 N–H and O–H groups in total. The number of fused-ring (bicyclic) bond motifs is 1. The highest BCUT2D eigenvalue weighted by Crippen LogP contribution is 2.26. The van der Waals surface area contributed by atoms with Crippen LogP contribution in [0.15, 0.2) is 58.7 Å². The first-order valence-electron chi connectivity index (χ1n) is 10.4. The predicted octanol–water partition coefficient (Wildman–Crippen LogP) is 3.15. The second kappa shape index (κ2) is 9.10. The van der Waals surface area contributed by atoms with E-state index in [2.05, 4.69) is 20.4 Å². The minimum atomic E-state index is -3.93. The van der Waals surface area contributed by atoms with Crippen LogP contribution in [-0.4, -0.2) is 46.2 Å². The molecule has 0 amide bonds. The van der Waals surface area contributed by atoms with Crippen molar-refractivity contribution in [1.29, 1.82) is 0 Å². The molecule has 0 radical (unpaired) electrons. The second-order valence-electron chi connectivity index (χ2n) is 7.48. The third-order valence-corrected chi connectivity index (χ3v) is 7.21. The highest BCUT2D eigenvalue weighted by Gasteiger charge is 2.24. The highest BCUT2D eigenvalue weighted by atomic mass is 32.2. The van der Waals surface area contributed by atoms with Crippen LogP contribution in [0.3, 0.4) is 0 Å². The number of anilines is 1. The Bertz CT molecular complexity index is 1480. The molecule has 176 valence electrons. The average molecular weight is 482 g/mol. The van der Waals surface area contributed by atoms with Crippen molar-refractivity contribution in [3.8, 4) is 5.75 Å². The Kier molecular flexibility index (Phi) is 6.20. The molecule has 0 unspecified atom stereocenters. The minimum absolute atomic E-state index is 0.00167. The van der Waals surface area contributed by atoms with Crippen LogP contribution >= 0.6 is 0 Å². The standard InChI is InChI=1S/C23H23N5O5S/c1-4-18-14(2)27-28-20(18)26-13-19(23(29)30)21(28)25-12-15-6-5-11-24-22(15)34(31,32)17-9-7-16(33-3)8-10-17/h5-11,13,25H,4,12H2,1-3H3,(H,29,30). The molecule has 0 atom stereocenters. The number of ether oxygens (including phenoxy) is 1. The maximum absolute atomic E-state index is 13.3.